The highest BCUT2D eigenvalue weighted by Gasteiger charge is 2.43. The van der Waals surface area contributed by atoms with Crippen molar-refractivity contribution in [2.24, 2.45) is 0 Å². The van der Waals surface area contributed by atoms with E-state index in [1.54, 1.807) is 0 Å². The Hall–Kier alpha value is -2.95. The number of esters is 1. The Balaban J connectivity index is 1.74. The molecule has 0 amide bonds. The van der Waals surface area contributed by atoms with Crippen LogP contribution in [0.25, 0.3) is 0 Å². The van der Waals surface area contributed by atoms with E-state index in [2.05, 4.69) is 101 Å². The summed E-state index contributed by atoms with van der Waals surface area (Å²) in [6.45, 7) is 6.01. The fourth-order valence-electron chi connectivity index (χ4n) is 4.72. The molecule has 1 aliphatic heterocycles. The van der Waals surface area contributed by atoms with Gasteiger partial charge in [-0.3, -0.25) is 14.6 Å². The lowest BCUT2D eigenvalue weighted by molar-refractivity contribution is -0.145. The summed E-state index contributed by atoms with van der Waals surface area (Å²) in [6, 6.07) is 32.3. The monoisotopic (exact) mass is 414 g/mol. The first-order valence-electron chi connectivity index (χ1n) is 11.0. The van der Waals surface area contributed by atoms with E-state index in [4.69, 9.17) is 4.74 Å². The molecule has 0 aliphatic carbocycles. The summed E-state index contributed by atoms with van der Waals surface area (Å²) in [7, 11) is 0. The average molecular weight is 415 g/mol. The predicted octanol–water partition coefficient (Wildman–Crippen LogP) is 4.16. The molecule has 0 aromatic heterocycles. The fourth-order valence-corrected chi connectivity index (χ4v) is 4.72. The van der Waals surface area contributed by atoms with Crippen LogP contribution < -0.4 is 0 Å². The predicted molar refractivity (Wildman–Crippen MR) is 124 cm³/mol. The van der Waals surface area contributed by atoms with Crippen LogP contribution >= 0.6 is 0 Å². The zero-order valence-corrected chi connectivity index (χ0v) is 18.1. The van der Waals surface area contributed by atoms with Gasteiger partial charge in [-0.25, -0.2) is 0 Å². The molecule has 1 fully saturated rings. The van der Waals surface area contributed by atoms with Crippen LogP contribution in [-0.4, -0.2) is 55.1 Å². The SMILES string of the molecule is CCOC(=O)CN1CCN(C(c2ccccc2)(c2ccccc2)c2ccccc2)CC1. The van der Waals surface area contributed by atoms with Gasteiger partial charge in [0.15, 0.2) is 0 Å². The van der Waals surface area contributed by atoms with Crippen molar-refractivity contribution in [3.05, 3.63) is 108 Å². The number of rotatable bonds is 7. The van der Waals surface area contributed by atoms with E-state index in [0.29, 0.717) is 13.2 Å². The van der Waals surface area contributed by atoms with Crippen LogP contribution in [0.2, 0.25) is 0 Å². The molecule has 0 bridgehead atoms. The summed E-state index contributed by atoms with van der Waals surface area (Å²) in [5.74, 6) is -0.142. The van der Waals surface area contributed by atoms with Gasteiger partial charge in [0.25, 0.3) is 0 Å². The van der Waals surface area contributed by atoms with Crippen molar-refractivity contribution in [1.82, 2.24) is 9.80 Å². The maximum Gasteiger partial charge on any atom is 0.320 e. The molecule has 1 aliphatic rings. The van der Waals surface area contributed by atoms with E-state index >= 15 is 0 Å². The Morgan fingerprint density at radius 1 is 0.742 bits per heavy atom. The van der Waals surface area contributed by atoms with Crippen molar-refractivity contribution in [2.45, 2.75) is 12.5 Å². The smallest absolute Gasteiger partial charge is 0.320 e. The van der Waals surface area contributed by atoms with E-state index in [-0.39, 0.29) is 11.5 Å². The molecule has 0 N–H and O–H groups in total. The molecule has 0 radical (unpaired) electrons. The molecule has 4 nitrogen and oxygen atoms in total. The number of benzene rings is 3. The molecular formula is C27H30N2O2. The van der Waals surface area contributed by atoms with Crippen LogP contribution in [0, 0.1) is 0 Å². The molecule has 0 atom stereocenters. The van der Waals surface area contributed by atoms with Crippen LogP contribution in [0.4, 0.5) is 0 Å². The summed E-state index contributed by atoms with van der Waals surface area (Å²) < 4.78 is 5.15. The normalized spacial score (nSPS) is 15.5. The maximum absolute atomic E-state index is 12.0. The van der Waals surface area contributed by atoms with Gasteiger partial charge in [0.2, 0.25) is 0 Å². The second-order valence-electron chi connectivity index (χ2n) is 7.88. The first-order chi connectivity index (χ1) is 15.2. The third-order valence-electron chi connectivity index (χ3n) is 6.08. The molecule has 4 rings (SSSR count). The molecule has 0 saturated carbocycles. The highest BCUT2D eigenvalue weighted by atomic mass is 16.5. The third-order valence-corrected chi connectivity index (χ3v) is 6.08. The van der Waals surface area contributed by atoms with Gasteiger partial charge >= 0.3 is 5.97 Å². The van der Waals surface area contributed by atoms with E-state index in [0.717, 1.165) is 26.2 Å². The van der Waals surface area contributed by atoms with E-state index in [1.807, 2.05) is 6.92 Å². The van der Waals surface area contributed by atoms with Gasteiger partial charge in [-0.15, -0.1) is 0 Å². The second kappa shape index (κ2) is 9.90. The van der Waals surface area contributed by atoms with Crippen molar-refractivity contribution in [3.8, 4) is 0 Å². The Morgan fingerprint density at radius 2 is 1.16 bits per heavy atom. The Labute approximate surface area is 185 Å². The standard InChI is InChI=1S/C27H30N2O2/c1-2-31-26(30)22-28-18-20-29(21-19-28)27(23-12-6-3-7-13-23,24-14-8-4-9-15-24)25-16-10-5-11-17-25/h3-17H,2,18-22H2,1H3. The minimum absolute atomic E-state index is 0.142. The lowest BCUT2D eigenvalue weighted by Gasteiger charge is -2.49. The number of hydrogen-bond donors (Lipinski definition) is 0. The fraction of sp³-hybridized carbons (Fsp3) is 0.296. The Morgan fingerprint density at radius 3 is 1.55 bits per heavy atom. The molecule has 3 aromatic rings. The first-order valence-corrected chi connectivity index (χ1v) is 11.0. The minimum Gasteiger partial charge on any atom is -0.465 e. The minimum atomic E-state index is -0.389. The van der Waals surface area contributed by atoms with Crippen molar-refractivity contribution >= 4 is 5.97 Å². The number of hydrogen-bond acceptors (Lipinski definition) is 4. The summed E-state index contributed by atoms with van der Waals surface area (Å²) in [4.78, 5) is 16.7. The number of carbonyl (C=O) groups is 1. The quantitative estimate of drug-likeness (QED) is 0.429. The molecule has 4 heteroatoms. The highest BCUT2D eigenvalue weighted by Crippen LogP contribution is 2.42. The number of nitrogens with zero attached hydrogens (tertiary/aromatic N) is 2. The molecule has 160 valence electrons. The summed E-state index contributed by atoms with van der Waals surface area (Å²) in [5, 5.41) is 0. The molecule has 0 unspecified atom stereocenters. The topological polar surface area (TPSA) is 32.8 Å². The van der Waals surface area contributed by atoms with Gasteiger partial charge in [-0.05, 0) is 23.6 Å². The molecule has 31 heavy (non-hydrogen) atoms. The van der Waals surface area contributed by atoms with Gasteiger partial charge in [-0.1, -0.05) is 91.0 Å². The van der Waals surface area contributed by atoms with Crippen molar-refractivity contribution < 1.29 is 9.53 Å². The molecule has 0 spiro atoms. The van der Waals surface area contributed by atoms with Crippen molar-refractivity contribution in [1.29, 1.82) is 0 Å². The van der Waals surface area contributed by atoms with Gasteiger partial charge in [0.05, 0.1) is 18.7 Å². The van der Waals surface area contributed by atoms with Crippen molar-refractivity contribution in [3.63, 3.8) is 0 Å². The summed E-state index contributed by atoms with van der Waals surface area (Å²) >= 11 is 0. The van der Waals surface area contributed by atoms with E-state index in [1.165, 1.54) is 16.7 Å². The summed E-state index contributed by atoms with van der Waals surface area (Å²) in [6.07, 6.45) is 0. The largest absolute Gasteiger partial charge is 0.465 e. The lowest BCUT2D eigenvalue weighted by atomic mass is 9.75. The number of carbonyl (C=O) groups excluding carboxylic acids is 1. The van der Waals surface area contributed by atoms with Crippen molar-refractivity contribution in [2.75, 3.05) is 39.3 Å². The molecule has 3 aromatic carbocycles. The third kappa shape index (κ3) is 4.41. The molecule has 1 saturated heterocycles. The second-order valence-corrected chi connectivity index (χ2v) is 7.88. The average Bonchev–Trinajstić information content (AvgIpc) is 2.83. The summed E-state index contributed by atoms with van der Waals surface area (Å²) in [5.41, 5.74) is 3.38. The molecule has 1 heterocycles. The van der Waals surface area contributed by atoms with Crippen LogP contribution in [0.15, 0.2) is 91.0 Å². The molecular weight excluding hydrogens is 384 g/mol. The number of ether oxygens (including phenoxy) is 1. The van der Waals surface area contributed by atoms with Crippen LogP contribution in [0.3, 0.4) is 0 Å². The zero-order valence-electron chi connectivity index (χ0n) is 18.1. The van der Waals surface area contributed by atoms with Crippen LogP contribution in [0.1, 0.15) is 23.6 Å². The van der Waals surface area contributed by atoms with Gasteiger partial charge < -0.3 is 4.74 Å². The van der Waals surface area contributed by atoms with Gasteiger partial charge in [0, 0.05) is 26.2 Å². The first kappa shape index (κ1) is 21.3. The van der Waals surface area contributed by atoms with Gasteiger partial charge in [-0.2, -0.15) is 0 Å². The maximum atomic E-state index is 12.0. The number of piperazine rings is 1. The van der Waals surface area contributed by atoms with Crippen LogP contribution in [0.5, 0.6) is 0 Å². The van der Waals surface area contributed by atoms with Gasteiger partial charge in [0.1, 0.15) is 0 Å². The Kier molecular flexibility index (Phi) is 6.80. The van der Waals surface area contributed by atoms with E-state index < -0.39 is 0 Å². The Bertz CT molecular complexity index is 856. The van der Waals surface area contributed by atoms with Crippen LogP contribution in [-0.2, 0) is 15.1 Å². The highest BCUT2D eigenvalue weighted by molar-refractivity contribution is 5.71. The zero-order chi connectivity index (χ0) is 21.5. The van der Waals surface area contributed by atoms with E-state index in [9.17, 15) is 4.79 Å². The lowest BCUT2D eigenvalue weighted by Crippen LogP contribution is -2.57.